The lowest BCUT2D eigenvalue weighted by Crippen LogP contribution is -2.45. The van der Waals surface area contributed by atoms with Crippen LogP contribution in [0.25, 0.3) is 0 Å². The van der Waals surface area contributed by atoms with Crippen LogP contribution in [0.1, 0.15) is 34.3 Å². The Hall–Kier alpha value is -2.44. The number of amides is 1. The number of aryl methyl sites for hydroxylation is 1. The van der Waals surface area contributed by atoms with E-state index >= 15 is 0 Å². The molecule has 2 fully saturated rings. The molecule has 0 atom stereocenters. The molecule has 1 amide bonds. The van der Waals surface area contributed by atoms with Crippen molar-refractivity contribution in [1.29, 1.82) is 0 Å². The van der Waals surface area contributed by atoms with Gasteiger partial charge in [0, 0.05) is 44.2 Å². The molecule has 0 aliphatic carbocycles. The van der Waals surface area contributed by atoms with Gasteiger partial charge in [-0.1, -0.05) is 29.8 Å². The quantitative estimate of drug-likeness (QED) is 0.900. The van der Waals surface area contributed by atoms with Crippen molar-refractivity contribution in [3.8, 4) is 0 Å². The molecule has 6 heteroatoms. The van der Waals surface area contributed by atoms with Crippen molar-refractivity contribution >= 4 is 11.7 Å². The first-order valence-corrected chi connectivity index (χ1v) is 9.46. The molecule has 6 nitrogen and oxygen atoms in total. The van der Waals surface area contributed by atoms with Crippen molar-refractivity contribution in [2.24, 2.45) is 0 Å². The maximum atomic E-state index is 12.5. The summed E-state index contributed by atoms with van der Waals surface area (Å²) in [6.45, 7) is 5.53. The van der Waals surface area contributed by atoms with Gasteiger partial charge in [0.2, 0.25) is 0 Å². The average Bonchev–Trinajstić information content (AvgIpc) is 3.16. The Bertz CT molecular complexity index is 791. The van der Waals surface area contributed by atoms with Gasteiger partial charge in [-0.2, -0.15) is 0 Å². The fourth-order valence-corrected chi connectivity index (χ4v) is 3.59. The molecule has 27 heavy (non-hydrogen) atoms. The molecule has 2 aromatic rings. The van der Waals surface area contributed by atoms with E-state index in [2.05, 4.69) is 15.2 Å². The molecule has 1 aromatic heterocycles. The first-order valence-electron chi connectivity index (χ1n) is 9.46. The summed E-state index contributed by atoms with van der Waals surface area (Å²) < 4.78 is 11.6. The minimum absolute atomic E-state index is 0.0878. The number of pyridine rings is 1. The predicted molar refractivity (Wildman–Crippen MR) is 103 cm³/mol. The molecule has 0 bridgehead atoms. The van der Waals surface area contributed by atoms with E-state index in [0.29, 0.717) is 25.3 Å². The Labute approximate surface area is 159 Å². The number of rotatable bonds is 4. The topological polar surface area (TPSA) is 63.7 Å². The first-order chi connectivity index (χ1) is 13.1. The molecule has 1 N–H and O–H groups in total. The Kier molecular flexibility index (Phi) is 5.09. The largest absolute Gasteiger partial charge is 0.356 e. The van der Waals surface area contributed by atoms with E-state index in [1.54, 1.807) is 12.3 Å². The van der Waals surface area contributed by atoms with Gasteiger partial charge < -0.3 is 19.7 Å². The van der Waals surface area contributed by atoms with Crippen LogP contribution in [0.2, 0.25) is 0 Å². The summed E-state index contributed by atoms with van der Waals surface area (Å²) in [7, 11) is 0. The van der Waals surface area contributed by atoms with Gasteiger partial charge in [0.25, 0.3) is 5.91 Å². The maximum Gasteiger partial charge on any atom is 0.251 e. The average molecular weight is 367 g/mol. The summed E-state index contributed by atoms with van der Waals surface area (Å²) in [6.07, 6.45) is 3.33. The summed E-state index contributed by atoms with van der Waals surface area (Å²) in [4.78, 5) is 19.2. The van der Waals surface area contributed by atoms with Crippen molar-refractivity contribution < 1.29 is 14.3 Å². The number of aromatic nitrogens is 1. The lowest BCUT2D eigenvalue weighted by molar-refractivity contribution is -0.169. The lowest BCUT2D eigenvalue weighted by atomic mass is 10.0. The fourth-order valence-electron chi connectivity index (χ4n) is 3.59. The molecule has 142 valence electrons. The molecular formula is C21H25N3O3. The highest BCUT2D eigenvalue weighted by Crippen LogP contribution is 2.32. The fraction of sp³-hybridized carbons (Fsp3) is 0.429. The minimum Gasteiger partial charge on any atom is -0.356 e. The maximum absolute atomic E-state index is 12.5. The molecule has 2 aliphatic heterocycles. The predicted octanol–water partition coefficient (Wildman–Crippen LogP) is 2.66. The number of nitrogens with zero attached hydrogens (tertiary/aromatic N) is 2. The number of nitrogens with one attached hydrogen (secondary N) is 1. The first kappa shape index (κ1) is 17.9. The molecule has 2 aliphatic rings. The number of benzene rings is 1. The van der Waals surface area contributed by atoms with Gasteiger partial charge in [0.05, 0.1) is 13.2 Å². The number of hydrogen-bond donors (Lipinski definition) is 1. The molecule has 1 aromatic carbocycles. The zero-order valence-corrected chi connectivity index (χ0v) is 15.6. The number of anilines is 1. The van der Waals surface area contributed by atoms with Crippen LogP contribution >= 0.6 is 0 Å². The molecule has 0 radical (unpaired) electrons. The Balaban J connectivity index is 1.37. The van der Waals surface area contributed by atoms with Crippen molar-refractivity contribution in [1.82, 2.24) is 10.3 Å². The third-order valence-corrected chi connectivity index (χ3v) is 5.24. The van der Waals surface area contributed by atoms with Gasteiger partial charge in [-0.25, -0.2) is 4.98 Å². The van der Waals surface area contributed by atoms with Crippen LogP contribution in [-0.4, -0.2) is 43.0 Å². The third-order valence-electron chi connectivity index (χ3n) is 5.24. The van der Waals surface area contributed by atoms with E-state index < -0.39 is 5.79 Å². The number of hydrogen-bond acceptors (Lipinski definition) is 5. The minimum atomic E-state index is -0.403. The van der Waals surface area contributed by atoms with Gasteiger partial charge >= 0.3 is 0 Å². The summed E-state index contributed by atoms with van der Waals surface area (Å²) >= 11 is 0. The normalized spacial score (nSPS) is 18.6. The molecule has 4 rings (SSSR count). The van der Waals surface area contributed by atoms with Gasteiger partial charge in [-0.05, 0) is 24.6 Å². The van der Waals surface area contributed by atoms with Crippen molar-refractivity contribution in [3.63, 3.8) is 0 Å². The second-order valence-corrected chi connectivity index (χ2v) is 7.17. The van der Waals surface area contributed by atoms with Crippen LogP contribution in [-0.2, 0) is 16.0 Å². The van der Waals surface area contributed by atoms with Crippen LogP contribution in [0, 0.1) is 6.92 Å². The lowest BCUT2D eigenvalue weighted by Gasteiger charge is -2.38. The molecule has 0 saturated carbocycles. The summed E-state index contributed by atoms with van der Waals surface area (Å²) in [5.41, 5.74) is 2.92. The van der Waals surface area contributed by atoms with E-state index in [1.165, 1.54) is 5.56 Å². The monoisotopic (exact) mass is 367 g/mol. The van der Waals surface area contributed by atoms with Crippen LogP contribution in [0.4, 0.5) is 5.82 Å². The van der Waals surface area contributed by atoms with Gasteiger partial charge in [0.1, 0.15) is 5.82 Å². The van der Waals surface area contributed by atoms with E-state index in [0.717, 1.165) is 37.3 Å². The smallest absolute Gasteiger partial charge is 0.251 e. The number of carbonyl (C=O) groups is 1. The van der Waals surface area contributed by atoms with Crippen LogP contribution in [0.3, 0.4) is 0 Å². The summed E-state index contributed by atoms with van der Waals surface area (Å²) in [5.74, 6) is 0.334. The van der Waals surface area contributed by atoms with E-state index in [-0.39, 0.29) is 5.91 Å². The van der Waals surface area contributed by atoms with Gasteiger partial charge in [-0.3, -0.25) is 4.79 Å². The zero-order chi connectivity index (χ0) is 18.7. The van der Waals surface area contributed by atoms with E-state index in [4.69, 9.17) is 9.47 Å². The zero-order valence-electron chi connectivity index (χ0n) is 15.6. The van der Waals surface area contributed by atoms with Gasteiger partial charge in [-0.15, -0.1) is 0 Å². The second kappa shape index (κ2) is 7.66. The summed E-state index contributed by atoms with van der Waals surface area (Å²) in [6, 6.07) is 11.8. The van der Waals surface area contributed by atoms with Crippen LogP contribution < -0.4 is 10.2 Å². The Morgan fingerprint density at radius 1 is 1.15 bits per heavy atom. The molecule has 1 spiro atoms. The second-order valence-electron chi connectivity index (χ2n) is 7.17. The van der Waals surface area contributed by atoms with Crippen LogP contribution in [0.15, 0.2) is 42.6 Å². The van der Waals surface area contributed by atoms with Crippen molar-refractivity contribution in [2.75, 3.05) is 31.2 Å². The molecule has 2 saturated heterocycles. The number of carbonyl (C=O) groups excluding carboxylic acids is 1. The molecule has 3 heterocycles. The Morgan fingerprint density at radius 2 is 1.85 bits per heavy atom. The highest BCUT2D eigenvalue weighted by Gasteiger charge is 2.40. The van der Waals surface area contributed by atoms with Crippen molar-refractivity contribution in [3.05, 3.63) is 59.3 Å². The molecule has 0 unspecified atom stereocenters. The third kappa shape index (κ3) is 4.12. The van der Waals surface area contributed by atoms with E-state index in [9.17, 15) is 4.79 Å². The van der Waals surface area contributed by atoms with Crippen molar-refractivity contribution in [2.45, 2.75) is 32.1 Å². The molecular weight excluding hydrogens is 342 g/mol. The van der Waals surface area contributed by atoms with Crippen LogP contribution in [0.5, 0.6) is 0 Å². The summed E-state index contributed by atoms with van der Waals surface area (Å²) in [5, 5.41) is 2.98. The number of ether oxygens (including phenoxy) is 2. The standard InChI is InChI=1S/C21H25N3O3/c1-16-2-4-17(5-3-16)15-23-20(25)18-6-9-22-19(14-18)24-10-7-21(8-11-24)26-12-13-27-21/h2-6,9,14H,7-8,10-13,15H2,1H3,(H,23,25). The highest BCUT2D eigenvalue weighted by molar-refractivity contribution is 5.94. The number of piperidine rings is 1. The van der Waals surface area contributed by atoms with Gasteiger partial charge in [0.15, 0.2) is 5.79 Å². The van der Waals surface area contributed by atoms with E-state index in [1.807, 2.05) is 37.3 Å². The Morgan fingerprint density at radius 3 is 2.56 bits per heavy atom. The highest BCUT2D eigenvalue weighted by atomic mass is 16.7. The SMILES string of the molecule is Cc1ccc(CNC(=O)c2ccnc(N3CCC4(CC3)OCCO4)c2)cc1.